The van der Waals surface area contributed by atoms with E-state index in [1.807, 2.05) is 0 Å². The normalized spacial score (nSPS) is 22.6. The van der Waals surface area contributed by atoms with Crippen LogP contribution >= 0.6 is 0 Å². The molecule has 0 spiro atoms. The van der Waals surface area contributed by atoms with Gasteiger partial charge in [-0.1, -0.05) is 13.3 Å². The maximum absolute atomic E-state index is 13.2. The van der Waals surface area contributed by atoms with Gasteiger partial charge in [-0.25, -0.2) is 13.6 Å². The standard InChI is InChI=1S/C15H19F2NO2/c1-2-9-3-5-10(6-4-9)20-15(19)11-7-12(16)13(17)8-14(11)18/h7-10H,2-6,18H2,1H3. The van der Waals surface area contributed by atoms with E-state index in [-0.39, 0.29) is 17.4 Å². The van der Waals surface area contributed by atoms with Crippen LogP contribution in [-0.2, 0) is 4.74 Å². The molecular weight excluding hydrogens is 264 g/mol. The number of hydrogen-bond acceptors (Lipinski definition) is 3. The lowest BCUT2D eigenvalue weighted by Crippen LogP contribution is -2.24. The number of carbonyl (C=O) groups excluding carboxylic acids is 1. The van der Waals surface area contributed by atoms with E-state index in [0.29, 0.717) is 5.92 Å². The van der Waals surface area contributed by atoms with E-state index in [0.717, 1.165) is 44.2 Å². The first-order valence-corrected chi connectivity index (χ1v) is 6.96. The van der Waals surface area contributed by atoms with Crippen LogP contribution in [0.15, 0.2) is 12.1 Å². The number of nitrogens with two attached hydrogens (primary N) is 1. The van der Waals surface area contributed by atoms with Gasteiger partial charge in [0.25, 0.3) is 0 Å². The summed E-state index contributed by atoms with van der Waals surface area (Å²) in [6.07, 6.45) is 4.67. The molecule has 1 aromatic carbocycles. The van der Waals surface area contributed by atoms with Gasteiger partial charge in [0, 0.05) is 11.8 Å². The van der Waals surface area contributed by atoms with Crippen LogP contribution in [0.5, 0.6) is 0 Å². The van der Waals surface area contributed by atoms with E-state index in [2.05, 4.69) is 6.92 Å². The molecule has 1 saturated carbocycles. The predicted octanol–water partition coefficient (Wildman–Crippen LogP) is 3.67. The summed E-state index contributed by atoms with van der Waals surface area (Å²) in [5.74, 6) is -2.15. The minimum absolute atomic E-state index is 0.101. The summed E-state index contributed by atoms with van der Waals surface area (Å²) in [6.45, 7) is 2.15. The fourth-order valence-electron chi connectivity index (χ4n) is 2.61. The monoisotopic (exact) mass is 283 g/mol. The fourth-order valence-corrected chi connectivity index (χ4v) is 2.61. The van der Waals surface area contributed by atoms with Crippen molar-refractivity contribution >= 4 is 11.7 Å². The molecule has 0 bridgehead atoms. The molecule has 0 radical (unpaired) electrons. The van der Waals surface area contributed by atoms with Crippen LogP contribution < -0.4 is 5.73 Å². The van der Waals surface area contributed by atoms with Crippen molar-refractivity contribution in [3.63, 3.8) is 0 Å². The summed E-state index contributed by atoms with van der Waals surface area (Å²) in [7, 11) is 0. The Hall–Kier alpha value is -1.65. The number of benzene rings is 1. The van der Waals surface area contributed by atoms with Gasteiger partial charge in [-0.15, -0.1) is 0 Å². The zero-order valence-electron chi connectivity index (χ0n) is 11.5. The molecule has 2 rings (SSSR count). The van der Waals surface area contributed by atoms with E-state index >= 15 is 0 Å². The molecule has 0 amide bonds. The Morgan fingerprint density at radius 3 is 2.45 bits per heavy atom. The Kier molecular flexibility index (Phi) is 4.57. The molecule has 20 heavy (non-hydrogen) atoms. The summed E-state index contributed by atoms with van der Waals surface area (Å²) in [5, 5.41) is 0. The number of ether oxygens (including phenoxy) is 1. The van der Waals surface area contributed by atoms with Crippen molar-refractivity contribution < 1.29 is 18.3 Å². The molecule has 0 unspecified atom stereocenters. The number of anilines is 1. The van der Waals surface area contributed by atoms with Gasteiger partial charge in [0.05, 0.1) is 5.56 Å². The summed E-state index contributed by atoms with van der Waals surface area (Å²) in [6, 6.07) is 1.60. The Labute approximate surface area is 117 Å². The molecule has 0 aromatic heterocycles. The molecule has 1 aliphatic rings. The quantitative estimate of drug-likeness (QED) is 0.680. The molecule has 110 valence electrons. The van der Waals surface area contributed by atoms with Gasteiger partial charge >= 0.3 is 5.97 Å². The molecule has 2 N–H and O–H groups in total. The number of halogens is 2. The van der Waals surface area contributed by atoms with Crippen molar-refractivity contribution in [1.29, 1.82) is 0 Å². The molecule has 1 fully saturated rings. The first kappa shape index (κ1) is 14.8. The molecule has 0 atom stereocenters. The minimum atomic E-state index is -1.10. The van der Waals surface area contributed by atoms with E-state index in [1.165, 1.54) is 0 Å². The van der Waals surface area contributed by atoms with Crippen LogP contribution in [0.25, 0.3) is 0 Å². The molecular formula is C15H19F2NO2. The number of rotatable bonds is 3. The fraction of sp³-hybridized carbons (Fsp3) is 0.533. The van der Waals surface area contributed by atoms with Crippen LogP contribution in [0.4, 0.5) is 14.5 Å². The van der Waals surface area contributed by atoms with E-state index in [9.17, 15) is 13.6 Å². The van der Waals surface area contributed by atoms with Crippen molar-refractivity contribution in [1.82, 2.24) is 0 Å². The summed E-state index contributed by atoms with van der Waals surface area (Å²) >= 11 is 0. The summed E-state index contributed by atoms with van der Waals surface area (Å²) in [4.78, 5) is 12.0. The van der Waals surface area contributed by atoms with Crippen molar-refractivity contribution in [2.75, 3.05) is 5.73 Å². The van der Waals surface area contributed by atoms with Gasteiger partial charge < -0.3 is 10.5 Å². The third-order valence-corrected chi connectivity index (χ3v) is 3.96. The van der Waals surface area contributed by atoms with Gasteiger partial charge in [0.15, 0.2) is 11.6 Å². The highest BCUT2D eigenvalue weighted by Crippen LogP contribution is 2.29. The first-order chi connectivity index (χ1) is 9.51. The van der Waals surface area contributed by atoms with Crippen LogP contribution in [0.1, 0.15) is 49.4 Å². The van der Waals surface area contributed by atoms with Crippen LogP contribution in [0, 0.1) is 17.6 Å². The molecule has 5 heteroatoms. The maximum Gasteiger partial charge on any atom is 0.340 e. The second kappa shape index (κ2) is 6.20. The zero-order chi connectivity index (χ0) is 14.7. The van der Waals surface area contributed by atoms with Gasteiger partial charge in [-0.05, 0) is 37.7 Å². The molecule has 0 saturated heterocycles. The third kappa shape index (κ3) is 3.26. The summed E-state index contributed by atoms with van der Waals surface area (Å²) < 4.78 is 31.5. The smallest absolute Gasteiger partial charge is 0.340 e. The number of hydrogen-bond donors (Lipinski definition) is 1. The number of esters is 1. The Morgan fingerprint density at radius 2 is 1.85 bits per heavy atom. The molecule has 1 aromatic rings. The third-order valence-electron chi connectivity index (χ3n) is 3.96. The van der Waals surface area contributed by atoms with Crippen molar-refractivity contribution in [2.45, 2.75) is 45.1 Å². The second-order valence-corrected chi connectivity index (χ2v) is 5.31. The van der Waals surface area contributed by atoms with Crippen LogP contribution in [0.2, 0.25) is 0 Å². The van der Waals surface area contributed by atoms with Crippen molar-refractivity contribution in [3.05, 3.63) is 29.3 Å². The van der Waals surface area contributed by atoms with E-state index in [4.69, 9.17) is 10.5 Å². The number of carbonyl (C=O) groups is 1. The topological polar surface area (TPSA) is 52.3 Å². The van der Waals surface area contributed by atoms with E-state index in [1.54, 1.807) is 0 Å². The molecule has 0 aliphatic heterocycles. The second-order valence-electron chi connectivity index (χ2n) is 5.31. The zero-order valence-corrected chi connectivity index (χ0v) is 11.5. The SMILES string of the molecule is CCC1CCC(OC(=O)c2cc(F)c(F)cc2N)CC1. The average molecular weight is 283 g/mol. The van der Waals surface area contributed by atoms with Gasteiger partial charge in [-0.3, -0.25) is 0 Å². The molecule has 3 nitrogen and oxygen atoms in total. The van der Waals surface area contributed by atoms with Gasteiger partial charge in [-0.2, -0.15) is 0 Å². The van der Waals surface area contributed by atoms with Gasteiger partial charge in [0.2, 0.25) is 0 Å². The Balaban J connectivity index is 2.01. The largest absolute Gasteiger partial charge is 0.459 e. The van der Waals surface area contributed by atoms with Crippen LogP contribution in [0.3, 0.4) is 0 Å². The first-order valence-electron chi connectivity index (χ1n) is 6.96. The van der Waals surface area contributed by atoms with Gasteiger partial charge in [0.1, 0.15) is 6.10 Å². The van der Waals surface area contributed by atoms with Crippen molar-refractivity contribution in [2.24, 2.45) is 5.92 Å². The lowest BCUT2D eigenvalue weighted by Gasteiger charge is -2.27. The lowest BCUT2D eigenvalue weighted by molar-refractivity contribution is 0.0165. The predicted molar refractivity (Wildman–Crippen MR) is 72.2 cm³/mol. The highest BCUT2D eigenvalue weighted by molar-refractivity contribution is 5.95. The van der Waals surface area contributed by atoms with Crippen LogP contribution in [-0.4, -0.2) is 12.1 Å². The molecule has 0 heterocycles. The minimum Gasteiger partial charge on any atom is -0.459 e. The maximum atomic E-state index is 13.2. The Morgan fingerprint density at radius 1 is 1.25 bits per heavy atom. The summed E-state index contributed by atoms with van der Waals surface area (Å²) in [5.41, 5.74) is 5.32. The average Bonchev–Trinajstić information content (AvgIpc) is 2.43. The number of nitrogen functional groups attached to an aromatic ring is 1. The highest BCUT2D eigenvalue weighted by atomic mass is 19.2. The highest BCUT2D eigenvalue weighted by Gasteiger charge is 2.24. The Bertz CT molecular complexity index is 497. The van der Waals surface area contributed by atoms with E-state index < -0.39 is 17.6 Å². The molecule has 1 aliphatic carbocycles. The van der Waals surface area contributed by atoms with Crippen molar-refractivity contribution in [3.8, 4) is 0 Å². The lowest BCUT2D eigenvalue weighted by atomic mass is 9.86.